The van der Waals surface area contributed by atoms with Crippen molar-refractivity contribution in [3.63, 3.8) is 0 Å². The minimum Gasteiger partial charge on any atom is -0.490 e. The van der Waals surface area contributed by atoms with E-state index >= 15 is 0 Å². The summed E-state index contributed by atoms with van der Waals surface area (Å²) in [7, 11) is 0. The second-order valence-electron chi connectivity index (χ2n) is 9.97. The smallest absolute Gasteiger partial charge is 0.251 e. The van der Waals surface area contributed by atoms with Gasteiger partial charge in [-0.15, -0.1) is 0 Å². The van der Waals surface area contributed by atoms with Crippen molar-refractivity contribution < 1.29 is 14.6 Å². The second kappa shape index (κ2) is 11.2. The molecule has 1 aromatic heterocycles. The summed E-state index contributed by atoms with van der Waals surface area (Å²) in [4.78, 5) is 20.8. The van der Waals surface area contributed by atoms with Crippen LogP contribution in [0, 0.1) is 11.3 Å². The maximum atomic E-state index is 12.9. The maximum absolute atomic E-state index is 12.9. The summed E-state index contributed by atoms with van der Waals surface area (Å²) < 4.78 is 5.64. The first kappa shape index (κ1) is 26.0. The van der Waals surface area contributed by atoms with Gasteiger partial charge in [-0.2, -0.15) is 5.26 Å². The summed E-state index contributed by atoms with van der Waals surface area (Å²) in [6.07, 6.45) is 2.78. The van der Waals surface area contributed by atoms with Gasteiger partial charge in [0, 0.05) is 41.1 Å². The topological polar surface area (TPSA) is 111 Å². The number of ether oxygens (including phenoxy) is 1. The van der Waals surface area contributed by atoms with Crippen molar-refractivity contribution in [2.75, 3.05) is 6.61 Å². The van der Waals surface area contributed by atoms with Crippen molar-refractivity contribution in [3.8, 4) is 23.2 Å². The van der Waals surface area contributed by atoms with Crippen LogP contribution in [-0.2, 0) is 11.8 Å². The highest BCUT2D eigenvalue weighted by atomic mass is 16.5. The van der Waals surface area contributed by atoms with E-state index in [0.717, 1.165) is 22.6 Å². The first-order valence-corrected chi connectivity index (χ1v) is 11.9. The van der Waals surface area contributed by atoms with Crippen LogP contribution in [0.25, 0.3) is 11.4 Å². The van der Waals surface area contributed by atoms with Crippen LogP contribution in [0.1, 0.15) is 68.2 Å². The van der Waals surface area contributed by atoms with Crippen LogP contribution in [0.4, 0.5) is 0 Å². The molecule has 184 valence electrons. The van der Waals surface area contributed by atoms with Crippen molar-refractivity contribution >= 4 is 5.91 Å². The van der Waals surface area contributed by atoms with Crippen molar-refractivity contribution in [2.45, 2.75) is 65.0 Å². The molecule has 1 unspecified atom stereocenters. The summed E-state index contributed by atoms with van der Waals surface area (Å²) >= 11 is 0. The molecule has 0 saturated heterocycles. The molecule has 2 aromatic carbocycles. The zero-order valence-corrected chi connectivity index (χ0v) is 21.1. The summed E-state index contributed by atoms with van der Waals surface area (Å²) in [5.41, 5.74) is 3.78. The highest BCUT2D eigenvalue weighted by Crippen LogP contribution is 2.24. The minimum atomic E-state index is -0.294. The monoisotopic (exact) mass is 474 g/mol. The number of nitriles is 1. The van der Waals surface area contributed by atoms with Gasteiger partial charge in [0.05, 0.1) is 11.7 Å². The Morgan fingerprint density at radius 3 is 2.49 bits per heavy atom. The van der Waals surface area contributed by atoms with Gasteiger partial charge in [0.1, 0.15) is 17.6 Å². The molecule has 35 heavy (non-hydrogen) atoms. The average molecular weight is 475 g/mol. The van der Waals surface area contributed by atoms with E-state index in [1.165, 1.54) is 6.07 Å². The Morgan fingerprint density at radius 1 is 1.20 bits per heavy atom. The van der Waals surface area contributed by atoms with Crippen LogP contribution in [-0.4, -0.2) is 39.7 Å². The molecular formula is C28H34N4O3. The highest BCUT2D eigenvalue weighted by Gasteiger charge is 2.18. The number of hydrogen-bond donors (Lipinski definition) is 3. The highest BCUT2D eigenvalue weighted by molar-refractivity contribution is 5.95. The molecule has 1 atom stereocenters. The first-order valence-electron chi connectivity index (χ1n) is 11.9. The number of carbonyl (C=O) groups excluding carboxylic acids is 1. The van der Waals surface area contributed by atoms with Crippen molar-refractivity contribution in [3.05, 3.63) is 71.0 Å². The predicted molar refractivity (Wildman–Crippen MR) is 136 cm³/mol. The molecular weight excluding hydrogens is 440 g/mol. The fourth-order valence-corrected chi connectivity index (χ4v) is 3.70. The lowest BCUT2D eigenvalue weighted by Gasteiger charge is -2.19. The number of nitrogens with zero attached hydrogens (tertiary/aromatic N) is 2. The number of hydrogen-bond acceptors (Lipinski definition) is 5. The van der Waals surface area contributed by atoms with Crippen LogP contribution >= 0.6 is 0 Å². The standard InChI is InChI=1S/C28H34N4O3/c1-18(2)35-24-11-10-21(15-22(24)16-29)27(34)31-23(12-13-33)14-19-6-8-20(9-7-19)26-30-17-25(32-26)28(3,4)5/h6-11,15,17-18,23,33H,12-14H2,1-5H3,(H,30,32)(H,31,34). The van der Waals surface area contributed by atoms with E-state index in [2.05, 4.69) is 42.1 Å². The van der Waals surface area contributed by atoms with Gasteiger partial charge in [-0.05, 0) is 50.5 Å². The number of aliphatic hydroxyl groups is 1. The number of imidazole rings is 1. The Hall–Kier alpha value is -3.63. The van der Waals surface area contributed by atoms with Gasteiger partial charge in [0.2, 0.25) is 0 Å². The summed E-state index contributed by atoms with van der Waals surface area (Å²) in [5.74, 6) is 0.982. The van der Waals surface area contributed by atoms with Crippen LogP contribution in [0.2, 0.25) is 0 Å². The lowest BCUT2D eigenvalue weighted by molar-refractivity contribution is 0.0930. The molecule has 1 amide bonds. The maximum Gasteiger partial charge on any atom is 0.251 e. The minimum absolute atomic E-state index is 0.00329. The number of aliphatic hydroxyl groups excluding tert-OH is 1. The van der Waals surface area contributed by atoms with E-state index in [1.807, 2.05) is 44.3 Å². The quantitative estimate of drug-likeness (QED) is 0.414. The Morgan fingerprint density at radius 2 is 1.91 bits per heavy atom. The Bertz CT molecular complexity index is 1180. The number of aromatic amines is 1. The first-order chi connectivity index (χ1) is 16.6. The van der Waals surface area contributed by atoms with E-state index in [9.17, 15) is 15.2 Å². The van der Waals surface area contributed by atoms with Gasteiger partial charge >= 0.3 is 0 Å². The van der Waals surface area contributed by atoms with E-state index in [1.54, 1.807) is 12.1 Å². The fraction of sp³-hybridized carbons (Fsp3) is 0.393. The molecule has 0 aliphatic carbocycles. The Labute approximate surface area is 207 Å². The lowest BCUT2D eigenvalue weighted by Crippen LogP contribution is -2.37. The third-order valence-electron chi connectivity index (χ3n) is 5.63. The average Bonchev–Trinajstić information content (AvgIpc) is 3.30. The zero-order valence-electron chi connectivity index (χ0n) is 21.1. The summed E-state index contributed by atoms with van der Waals surface area (Å²) in [5, 5.41) is 22.0. The van der Waals surface area contributed by atoms with Gasteiger partial charge < -0.3 is 20.1 Å². The van der Waals surface area contributed by atoms with E-state index < -0.39 is 0 Å². The number of benzene rings is 2. The van der Waals surface area contributed by atoms with E-state index in [4.69, 9.17) is 4.74 Å². The molecule has 3 rings (SSSR count). The van der Waals surface area contributed by atoms with E-state index in [0.29, 0.717) is 29.7 Å². The van der Waals surface area contributed by atoms with Crippen LogP contribution in [0.15, 0.2) is 48.7 Å². The number of aromatic nitrogens is 2. The molecule has 3 aromatic rings. The number of H-pyrrole nitrogens is 1. The van der Waals surface area contributed by atoms with Crippen LogP contribution in [0.5, 0.6) is 5.75 Å². The molecule has 1 heterocycles. The second-order valence-corrected chi connectivity index (χ2v) is 9.97. The summed E-state index contributed by atoms with van der Waals surface area (Å²) in [6, 6.07) is 14.7. The van der Waals surface area contributed by atoms with Crippen molar-refractivity contribution in [1.82, 2.24) is 15.3 Å². The molecule has 0 radical (unpaired) electrons. The largest absolute Gasteiger partial charge is 0.490 e. The molecule has 0 bridgehead atoms. The molecule has 3 N–H and O–H groups in total. The number of nitrogens with one attached hydrogen (secondary N) is 2. The Kier molecular flexibility index (Phi) is 8.31. The number of amides is 1. The number of rotatable bonds is 9. The normalized spacial score (nSPS) is 12.3. The predicted octanol–water partition coefficient (Wildman–Crippen LogP) is 4.76. The van der Waals surface area contributed by atoms with Crippen molar-refractivity contribution in [2.24, 2.45) is 0 Å². The lowest BCUT2D eigenvalue weighted by atomic mass is 9.93. The van der Waals surface area contributed by atoms with Crippen LogP contribution < -0.4 is 10.1 Å². The Balaban J connectivity index is 1.70. The molecule has 0 aliphatic rings. The van der Waals surface area contributed by atoms with Gasteiger partial charge in [0.15, 0.2) is 0 Å². The van der Waals surface area contributed by atoms with Gasteiger partial charge in [-0.3, -0.25) is 4.79 Å². The van der Waals surface area contributed by atoms with Gasteiger partial charge in [0.25, 0.3) is 5.91 Å². The van der Waals surface area contributed by atoms with E-state index in [-0.39, 0.29) is 30.1 Å². The number of carbonyl (C=O) groups is 1. The summed E-state index contributed by atoms with van der Waals surface area (Å²) in [6.45, 7) is 10.1. The SMILES string of the molecule is CC(C)Oc1ccc(C(=O)NC(CCO)Cc2ccc(-c3ncc(C(C)(C)C)[nH]3)cc2)cc1C#N. The molecule has 0 saturated carbocycles. The molecule has 0 aliphatic heterocycles. The molecule has 0 fully saturated rings. The molecule has 7 nitrogen and oxygen atoms in total. The van der Waals surface area contributed by atoms with Gasteiger partial charge in [-0.1, -0.05) is 45.0 Å². The fourth-order valence-electron chi connectivity index (χ4n) is 3.70. The van der Waals surface area contributed by atoms with Gasteiger partial charge in [-0.25, -0.2) is 4.98 Å². The zero-order chi connectivity index (χ0) is 25.6. The molecule has 0 spiro atoms. The third-order valence-corrected chi connectivity index (χ3v) is 5.63. The van der Waals surface area contributed by atoms with Crippen molar-refractivity contribution in [1.29, 1.82) is 5.26 Å². The molecule has 7 heteroatoms. The van der Waals surface area contributed by atoms with Crippen LogP contribution in [0.3, 0.4) is 0 Å². The third kappa shape index (κ3) is 6.93.